The van der Waals surface area contributed by atoms with Gasteiger partial charge in [0.2, 0.25) is 0 Å². The lowest BCUT2D eigenvalue weighted by molar-refractivity contribution is 0.0673. The molecule has 3 rings (SSSR count). The van der Waals surface area contributed by atoms with Crippen molar-refractivity contribution in [3.63, 3.8) is 0 Å². The number of benzene rings is 3. The molecule has 3 N–H and O–H groups in total. The lowest BCUT2D eigenvalue weighted by atomic mass is 9.92. The van der Waals surface area contributed by atoms with Gasteiger partial charge in [0, 0.05) is 34.9 Å². The number of carbonyl (C=O) groups is 2. The number of hydrogen-bond acceptors (Lipinski definition) is 5. The van der Waals surface area contributed by atoms with Gasteiger partial charge in [0.15, 0.2) is 0 Å². The van der Waals surface area contributed by atoms with E-state index < -0.39 is 0 Å². The minimum Gasteiger partial charge on any atom is -0.497 e. The van der Waals surface area contributed by atoms with Crippen molar-refractivity contribution in [1.29, 1.82) is 5.26 Å². The molecule has 0 aliphatic rings. The molecule has 0 heterocycles. The van der Waals surface area contributed by atoms with E-state index in [1.807, 2.05) is 13.8 Å². The predicted molar refractivity (Wildman–Crippen MR) is 141 cm³/mol. The fourth-order valence-electron chi connectivity index (χ4n) is 3.60. The van der Waals surface area contributed by atoms with Crippen LogP contribution in [0.4, 0.5) is 5.69 Å². The summed E-state index contributed by atoms with van der Waals surface area (Å²) in [6.07, 6.45) is 0. The van der Waals surface area contributed by atoms with Gasteiger partial charge in [-0.2, -0.15) is 5.26 Å². The van der Waals surface area contributed by atoms with Crippen molar-refractivity contribution in [3.8, 4) is 11.8 Å². The van der Waals surface area contributed by atoms with Gasteiger partial charge in [-0.05, 0) is 78.2 Å². The molecule has 0 atom stereocenters. The first-order valence-corrected chi connectivity index (χ1v) is 11.8. The number of methoxy groups -OCH3 is 1. The third-order valence-corrected chi connectivity index (χ3v) is 6.09. The molecule has 0 spiro atoms. The topological polar surface area (TPSA) is 108 Å². The van der Waals surface area contributed by atoms with Crippen LogP contribution in [0.5, 0.6) is 5.75 Å². The van der Waals surface area contributed by atoms with Crippen LogP contribution in [0.15, 0.2) is 66.7 Å². The normalized spacial score (nSPS) is 10.9. The molecular weight excluding hydrogens is 476 g/mol. The Balaban J connectivity index is 1.87. The lowest BCUT2D eigenvalue weighted by Gasteiger charge is -2.32. The molecule has 0 unspecified atom stereocenters. The van der Waals surface area contributed by atoms with E-state index in [1.54, 1.807) is 78.7 Å². The zero-order valence-electron chi connectivity index (χ0n) is 20.5. The van der Waals surface area contributed by atoms with Crippen LogP contribution in [0, 0.1) is 16.7 Å². The Morgan fingerprint density at radius 2 is 1.81 bits per heavy atom. The zero-order valence-corrected chi connectivity index (χ0v) is 21.3. The lowest BCUT2D eigenvalue weighted by Crippen LogP contribution is -2.41. The number of nitriles is 1. The minimum absolute atomic E-state index is 0.206. The molecule has 0 saturated carbocycles. The quantitative estimate of drug-likeness (QED) is 0.421. The number of nitrogens with one attached hydrogen (secondary N) is 1. The molecule has 0 aliphatic heterocycles. The molecule has 186 valence electrons. The number of hydrogen-bond donors (Lipinski definition) is 2. The van der Waals surface area contributed by atoms with Crippen molar-refractivity contribution in [1.82, 2.24) is 4.90 Å². The number of halogens is 1. The second kappa shape index (κ2) is 11.7. The molecule has 7 nitrogen and oxygen atoms in total. The van der Waals surface area contributed by atoms with Crippen molar-refractivity contribution in [2.75, 3.05) is 25.5 Å². The van der Waals surface area contributed by atoms with Gasteiger partial charge in [-0.15, -0.1) is 0 Å². The third-order valence-electron chi connectivity index (χ3n) is 5.72. The predicted octanol–water partition coefficient (Wildman–Crippen LogP) is 5.10. The molecule has 0 radical (unpaired) electrons. The SMILES string of the molecule is COc1cccc(C(=O)Nc2ccc(Cl)c(CN(CC(C)(C)CN)C(=O)c3ccc(C#N)cc3)c2)c1. The third kappa shape index (κ3) is 6.85. The monoisotopic (exact) mass is 504 g/mol. The van der Waals surface area contributed by atoms with E-state index in [-0.39, 0.29) is 23.8 Å². The number of ether oxygens (including phenoxy) is 1. The first kappa shape index (κ1) is 26.7. The summed E-state index contributed by atoms with van der Waals surface area (Å²) in [5.41, 5.74) is 8.22. The maximum atomic E-state index is 13.4. The van der Waals surface area contributed by atoms with Crippen molar-refractivity contribution in [2.45, 2.75) is 20.4 Å². The molecule has 0 saturated heterocycles. The van der Waals surface area contributed by atoms with Crippen molar-refractivity contribution in [3.05, 3.63) is 94.0 Å². The molecule has 2 amide bonds. The largest absolute Gasteiger partial charge is 0.497 e. The van der Waals surface area contributed by atoms with Crippen LogP contribution >= 0.6 is 11.6 Å². The van der Waals surface area contributed by atoms with Gasteiger partial charge >= 0.3 is 0 Å². The molecular formula is C28H29ClN4O3. The molecule has 36 heavy (non-hydrogen) atoms. The highest BCUT2D eigenvalue weighted by molar-refractivity contribution is 6.31. The smallest absolute Gasteiger partial charge is 0.255 e. The van der Waals surface area contributed by atoms with Gasteiger partial charge in [0.1, 0.15) is 5.75 Å². The van der Waals surface area contributed by atoms with Gasteiger partial charge in [0.25, 0.3) is 11.8 Å². The van der Waals surface area contributed by atoms with E-state index in [0.717, 1.165) is 0 Å². The van der Waals surface area contributed by atoms with Crippen LogP contribution in [0.1, 0.15) is 45.7 Å². The van der Waals surface area contributed by atoms with Gasteiger partial charge < -0.3 is 20.7 Å². The summed E-state index contributed by atoms with van der Waals surface area (Å²) in [5, 5.41) is 12.4. The average Bonchev–Trinajstić information content (AvgIpc) is 2.89. The summed E-state index contributed by atoms with van der Waals surface area (Å²) in [6.45, 7) is 4.95. The molecule has 0 aromatic heterocycles. The van der Waals surface area contributed by atoms with Crippen LogP contribution in [-0.2, 0) is 6.54 Å². The molecule has 0 bridgehead atoms. The van der Waals surface area contributed by atoms with Gasteiger partial charge in [0.05, 0.1) is 18.7 Å². The minimum atomic E-state index is -0.340. The average molecular weight is 505 g/mol. The maximum absolute atomic E-state index is 13.4. The Kier molecular flexibility index (Phi) is 8.70. The fourth-order valence-corrected chi connectivity index (χ4v) is 3.77. The molecule has 0 fully saturated rings. The van der Waals surface area contributed by atoms with Crippen molar-refractivity contribution >= 4 is 29.1 Å². The Labute approximate surface area is 216 Å². The van der Waals surface area contributed by atoms with Crippen LogP contribution in [-0.4, -0.2) is 36.9 Å². The zero-order chi connectivity index (χ0) is 26.3. The highest BCUT2D eigenvalue weighted by Crippen LogP contribution is 2.26. The summed E-state index contributed by atoms with van der Waals surface area (Å²) in [4.78, 5) is 27.9. The number of carbonyl (C=O) groups excluding carboxylic acids is 2. The summed E-state index contributed by atoms with van der Waals surface area (Å²) in [6, 6.07) is 20.6. The second-order valence-corrected chi connectivity index (χ2v) is 9.62. The van der Waals surface area contributed by atoms with E-state index in [4.69, 9.17) is 27.3 Å². The number of amides is 2. The van der Waals surface area contributed by atoms with Crippen LogP contribution in [0.2, 0.25) is 5.02 Å². The first-order chi connectivity index (χ1) is 17.2. The number of nitrogens with zero attached hydrogens (tertiary/aromatic N) is 2. The van der Waals surface area contributed by atoms with Crippen LogP contribution in [0.25, 0.3) is 0 Å². The Morgan fingerprint density at radius 3 is 2.44 bits per heavy atom. The maximum Gasteiger partial charge on any atom is 0.255 e. The molecule has 8 heteroatoms. The summed E-state index contributed by atoms with van der Waals surface area (Å²) in [7, 11) is 1.54. The van der Waals surface area contributed by atoms with Crippen molar-refractivity contribution < 1.29 is 14.3 Å². The summed E-state index contributed by atoms with van der Waals surface area (Å²) in [5.74, 6) is 0.0822. The van der Waals surface area contributed by atoms with E-state index in [0.29, 0.717) is 51.8 Å². The Hall–Kier alpha value is -3.86. The standard InChI is InChI=1S/C28H29ClN4O3/c1-28(2,17-31)18-33(27(35)20-9-7-19(15-30)8-10-20)16-22-13-23(11-12-25(22)29)32-26(34)21-5-4-6-24(14-21)36-3/h4-14H,16-18,31H2,1-3H3,(H,32,34). The Bertz CT molecular complexity index is 1280. The van der Waals surface area contributed by atoms with Gasteiger partial charge in [-0.3, -0.25) is 9.59 Å². The number of rotatable bonds is 9. The highest BCUT2D eigenvalue weighted by Gasteiger charge is 2.25. The fraction of sp³-hybridized carbons (Fsp3) is 0.250. The van der Waals surface area contributed by atoms with Crippen LogP contribution < -0.4 is 15.8 Å². The van der Waals surface area contributed by atoms with E-state index in [1.165, 1.54) is 0 Å². The molecule has 3 aromatic carbocycles. The van der Waals surface area contributed by atoms with Gasteiger partial charge in [-0.1, -0.05) is 31.5 Å². The van der Waals surface area contributed by atoms with E-state index >= 15 is 0 Å². The summed E-state index contributed by atoms with van der Waals surface area (Å²) >= 11 is 6.50. The van der Waals surface area contributed by atoms with E-state index in [2.05, 4.69) is 11.4 Å². The second-order valence-electron chi connectivity index (χ2n) is 9.21. The number of nitrogens with two attached hydrogens (primary N) is 1. The first-order valence-electron chi connectivity index (χ1n) is 11.4. The van der Waals surface area contributed by atoms with Crippen LogP contribution in [0.3, 0.4) is 0 Å². The number of anilines is 1. The Morgan fingerprint density at radius 1 is 1.08 bits per heavy atom. The molecule has 3 aromatic rings. The van der Waals surface area contributed by atoms with E-state index in [9.17, 15) is 9.59 Å². The van der Waals surface area contributed by atoms with Gasteiger partial charge in [-0.25, -0.2) is 0 Å². The highest BCUT2D eigenvalue weighted by atomic mass is 35.5. The molecule has 0 aliphatic carbocycles. The summed E-state index contributed by atoms with van der Waals surface area (Å²) < 4.78 is 5.19. The van der Waals surface area contributed by atoms with Crippen molar-refractivity contribution in [2.24, 2.45) is 11.1 Å².